The van der Waals surface area contributed by atoms with Crippen LogP contribution in [0, 0.1) is 0 Å². The minimum absolute atomic E-state index is 0.000175. The first-order valence-corrected chi connectivity index (χ1v) is 11.0. The largest absolute Gasteiger partial charge is 0.493 e. The lowest BCUT2D eigenvalue weighted by Crippen LogP contribution is -2.43. The Kier molecular flexibility index (Phi) is 6.81. The van der Waals surface area contributed by atoms with Crippen LogP contribution in [0.2, 0.25) is 0 Å². The molecule has 1 amide bonds. The van der Waals surface area contributed by atoms with Crippen molar-refractivity contribution in [2.45, 2.75) is 23.8 Å². The van der Waals surface area contributed by atoms with E-state index in [0.29, 0.717) is 18.6 Å². The van der Waals surface area contributed by atoms with Crippen LogP contribution in [0.25, 0.3) is 0 Å². The van der Waals surface area contributed by atoms with Gasteiger partial charge in [0, 0.05) is 12.6 Å². The Hall–Kier alpha value is -3.11. The van der Waals surface area contributed by atoms with Gasteiger partial charge in [0.25, 0.3) is 0 Å². The fraction of sp³-hybridized carbons (Fsp3) is 0.333. The lowest BCUT2D eigenvalue weighted by molar-refractivity contribution is -0.119. The number of hydrogen-bond acceptors (Lipinski definition) is 7. The van der Waals surface area contributed by atoms with E-state index in [9.17, 15) is 18.0 Å². The Morgan fingerprint density at radius 1 is 1.03 bits per heavy atom. The van der Waals surface area contributed by atoms with Crippen molar-refractivity contribution in [1.29, 1.82) is 0 Å². The van der Waals surface area contributed by atoms with Crippen molar-refractivity contribution < 1.29 is 32.2 Å². The van der Waals surface area contributed by atoms with E-state index in [2.05, 4.69) is 5.32 Å². The van der Waals surface area contributed by atoms with E-state index in [1.165, 1.54) is 49.9 Å². The fourth-order valence-corrected chi connectivity index (χ4v) is 5.17. The van der Waals surface area contributed by atoms with Crippen LogP contribution in [0.1, 0.15) is 23.2 Å². The Morgan fingerprint density at radius 3 is 2.42 bits per heavy atom. The predicted octanol–water partition coefficient (Wildman–Crippen LogP) is 2.28. The maximum atomic E-state index is 13.3. The number of ether oxygens (including phenoxy) is 3. The molecule has 1 unspecified atom stereocenters. The molecule has 2 aromatic carbocycles. The van der Waals surface area contributed by atoms with Gasteiger partial charge in [-0.15, -0.1) is 0 Å². The third kappa shape index (κ3) is 4.49. The first kappa shape index (κ1) is 22.6. The molecule has 1 aliphatic heterocycles. The summed E-state index contributed by atoms with van der Waals surface area (Å²) in [7, 11) is 0.150. The van der Waals surface area contributed by atoms with Crippen molar-refractivity contribution in [3.8, 4) is 11.5 Å². The minimum Gasteiger partial charge on any atom is -0.493 e. The van der Waals surface area contributed by atoms with Crippen LogP contribution >= 0.6 is 0 Å². The number of carbonyl (C=O) groups is 2. The maximum Gasteiger partial charge on any atom is 0.339 e. The van der Waals surface area contributed by atoms with Gasteiger partial charge in [-0.2, -0.15) is 4.31 Å². The van der Waals surface area contributed by atoms with Crippen molar-refractivity contribution in [3.05, 3.63) is 48.0 Å². The third-order valence-electron chi connectivity index (χ3n) is 5.06. The average molecular weight is 448 g/mol. The van der Waals surface area contributed by atoms with Crippen LogP contribution < -0.4 is 14.8 Å². The molecule has 0 spiro atoms. The number of rotatable bonds is 7. The zero-order chi connectivity index (χ0) is 22.6. The standard InChI is InChI=1S/C21H24N2O7S/c1-28-18-11-10-14(13-19(18)29-2)31(26,27)23-12-6-9-17(23)20(24)22-16-8-5-4-7-15(16)21(25)30-3/h4-5,7-8,10-11,13,17H,6,9,12H2,1-3H3,(H,22,24). The smallest absolute Gasteiger partial charge is 0.339 e. The molecule has 1 N–H and O–H groups in total. The summed E-state index contributed by atoms with van der Waals surface area (Å²) >= 11 is 0. The summed E-state index contributed by atoms with van der Waals surface area (Å²) in [5.41, 5.74) is 0.445. The van der Waals surface area contributed by atoms with Crippen molar-refractivity contribution in [1.82, 2.24) is 4.31 Å². The molecule has 0 saturated carbocycles. The summed E-state index contributed by atoms with van der Waals surface area (Å²) in [6, 6.07) is 9.76. The van der Waals surface area contributed by atoms with Crippen molar-refractivity contribution in [2.75, 3.05) is 33.2 Å². The van der Waals surface area contributed by atoms with Gasteiger partial charge in [-0.1, -0.05) is 12.1 Å². The molecule has 10 heteroatoms. The van der Waals surface area contributed by atoms with Gasteiger partial charge in [-0.3, -0.25) is 4.79 Å². The molecule has 166 valence electrons. The van der Waals surface area contributed by atoms with Crippen LogP contribution in [0.15, 0.2) is 47.4 Å². The molecule has 9 nitrogen and oxygen atoms in total. The molecule has 1 saturated heterocycles. The molecular weight excluding hydrogens is 424 g/mol. The summed E-state index contributed by atoms with van der Waals surface area (Å²) in [4.78, 5) is 24.9. The topological polar surface area (TPSA) is 111 Å². The van der Waals surface area contributed by atoms with Gasteiger partial charge in [0.05, 0.1) is 37.5 Å². The van der Waals surface area contributed by atoms with Gasteiger partial charge in [-0.25, -0.2) is 13.2 Å². The number of benzene rings is 2. The maximum absolute atomic E-state index is 13.3. The summed E-state index contributed by atoms with van der Waals surface area (Å²) in [5, 5.41) is 2.67. The van der Waals surface area contributed by atoms with Crippen molar-refractivity contribution >= 4 is 27.6 Å². The second-order valence-corrected chi connectivity index (χ2v) is 8.71. The predicted molar refractivity (Wildman–Crippen MR) is 113 cm³/mol. The van der Waals surface area contributed by atoms with Crippen LogP contribution in [-0.4, -0.2) is 58.5 Å². The van der Waals surface area contributed by atoms with Gasteiger partial charge in [0.1, 0.15) is 6.04 Å². The van der Waals surface area contributed by atoms with E-state index in [0.717, 1.165) is 0 Å². The van der Waals surface area contributed by atoms with Crippen LogP contribution in [0.4, 0.5) is 5.69 Å². The molecule has 3 rings (SSSR count). The number of sulfonamides is 1. The lowest BCUT2D eigenvalue weighted by Gasteiger charge is -2.24. The monoisotopic (exact) mass is 448 g/mol. The molecule has 1 fully saturated rings. The zero-order valence-corrected chi connectivity index (χ0v) is 18.3. The average Bonchev–Trinajstić information content (AvgIpc) is 3.29. The lowest BCUT2D eigenvalue weighted by atomic mass is 10.1. The van der Waals surface area contributed by atoms with E-state index >= 15 is 0 Å². The fourth-order valence-electron chi connectivity index (χ4n) is 3.50. The molecule has 0 aliphatic carbocycles. The quantitative estimate of drug-likeness (QED) is 0.647. The molecule has 1 aliphatic rings. The number of methoxy groups -OCH3 is 3. The van der Waals surface area contributed by atoms with E-state index in [4.69, 9.17) is 14.2 Å². The van der Waals surface area contributed by atoms with Gasteiger partial charge in [0.15, 0.2) is 11.5 Å². The normalized spacial score (nSPS) is 16.5. The molecule has 31 heavy (non-hydrogen) atoms. The number of hydrogen-bond donors (Lipinski definition) is 1. The minimum atomic E-state index is -3.97. The number of anilines is 1. The van der Waals surface area contributed by atoms with Crippen LogP contribution in [0.5, 0.6) is 11.5 Å². The number of carbonyl (C=O) groups excluding carboxylic acids is 2. The highest BCUT2D eigenvalue weighted by Crippen LogP contribution is 2.33. The highest BCUT2D eigenvalue weighted by Gasteiger charge is 2.40. The molecular formula is C21H24N2O7S. The molecule has 2 aromatic rings. The zero-order valence-electron chi connectivity index (χ0n) is 17.5. The molecule has 0 radical (unpaired) electrons. The Morgan fingerprint density at radius 2 is 1.74 bits per heavy atom. The molecule has 0 aromatic heterocycles. The van der Waals surface area contributed by atoms with Gasteiger partial charge in [-0.05, 0) is 37.1 Å². The first-order chi connectivity index (χ1) is 14.8. The van der Waals surface area contributed by atoms with Crippen molar-refractivity contribution in [3.63, 3.8) is 0 Å². The summed E-state index contributed by atoms with van der Waals surface area (Å²) in [5.74, 6) is -0.442. The number of nitrogens with zero attached hydrogens (tertiary/aromatic N) is 1. The Labute approximate surface area is 181 Å². The van der Waals surface area contributed by atoms with E-state index in [-0.39, 0.29) is 28.4 Å². The van der Waals surface area contributed by atoms with Gasteiger partial charge in [0.2, 0.25) is 15.9 Å². The second-order valence-electron chi connectivity index (χ2n) is 6.82. The Bertz CT molecular complexity index is 1080. The van der Waals surface area contributed by atoms with Crippen LogP contribution in [-0.2, 0) is 19.6 Å². The van der Waals surface area contributed by atoms with Crippen LogP contribution in [0.3, 0.4) is 0 Å². The van der Waals surface area contributed by atoms with E-state index < -0.39 is 27.9 Å². The van der Waals surface area contributed by atoms with Crippen molar-refractivity contribution in [2.24, 2.45) is 0 Å². The third-order valence-corrected chi connectivity index (χ3v) is 6.96. The summed E-state index contributed by atoms with van der Waals surface area (Å²) < 4.78 is 42.8. The highest BCUT2D eigenvalue weighted by molar-refractivity contribution is 7.89. The number of nitrogens with one attached hydrogen (secondary N) is 1. The molecule has 1 heterocycles. The summed E-state index contributed by atoms with van der Waals surface area (Å²) in [6.07, 6.45) is 0.891. The van der Waals surface area contributed by atoms with E-state index in [1.807, 2.05) is 0 Å². The van der Waals surface area contributed by atoms with E-state index in [1.54, 1.807) is 18.2 Å². The van der Waals surface area contributed by atoms with Gasteiger partial charge >= 0.3 is 5.97 Å². The van der Waals surface area contributed by atoms with Gasteiger partial charge < -0.3 is 19.5 Å². The Balaban J connectivity index is 1.87. The molecule has 1 atom stereocenters. The SMILES string of the molecule is COC(=O)c1ccccc1NC(=O)C1CCCN1S(=O)(=O)c1ccc(OC)c(OC)c1. The number of esters is 1. The first-order valence-electron chi connectivity index (χ1n) is 9.55. The number of para-hydroxylation sites is 1. The molecule has 0 bridgehead atoms. The highest BCUT2D eigenvalue weighted by atomic mass is 32.2. The summed E-state index contributed by atoms with van der Waals surface area (Å²) in [6.45, 7) is 0.202. The number of amides is 1. The second kappa shape index (κ2) is 9.36.